The van der Waals surface area contributed by atoms with Crippen molar-refractivity contribution in [2.45, 2.75) is 104 Å². The molecule has 2 heterocycles. The van der Waals surface area contributed by atoms with Crippen molar-refractivity contribution in [2.75, 3.05) is 19.8 Å². The quantitative estimate of drug-likeness (QED) is 0.205. The average Bonchev–Trinajstić information content (AvgIpc) is 2.93. The zero-order valence-electron chi connectivity index (χ0n) is 23.1. The Kier molecular flexibility index (Phi) is 13.3. The summed E-state index contributed by atoms with van der Waals surface area (Å²) >= 11 is 0. The minimum absolute atomic E-state index is 0.299. The molecule has 1 aromatic carbocycles. The van der Waals surface area contributed by atoms with Gasteiger partial charge in [-0.05, 0) is 55.5 Å². The van der Waals surface area contributed by atoms with Crippen molar-refractivity contribution in [1.82, 2.24) is 4.98 Å². The van der Waals surface area contributed by atoms with Crippen LogP contribution in [0.4, 0.5) is 0 Å². The van der Waals surface area contributed by atoms with E-state index in [-0.39, 0.29) is 6.29 Å². The van der Waals surface area contributed by atoms with Gasteiger partial charge in [0.25, 0.3) is 0 Å². The second-order valence-electron chi connectivity index (χ2n) is 10.6. The van der Waals surface area contributed by atoms with Gasteiger partial charge in [0.05, 0.1) is 25.5 Å². The zero-order valence-corrected chi connectivity index (χ0v) is 23.1. The molecule has 0 bridgehead atoms. The van der Waals surface area contributed by atoms with Gasteiger partial charge in [-0.15, -0.1) is 0 Å². The van der Waals surface area contributed by atoms with Gasteiger partial charge in [0, 0.05) is 23.2 Å². The molecule has 4 nitrogen and oxygen atoms in total. The molecular weight excluding hydrogens is 446 g/mol. The molecule has 1 fully saturated rings. The van der Waals surface area contributed by atoms with Crippen molar-refractivity contribution in [2.24, 2.45) is 11.8 Å². The molecule has 200 valence electrons. The molecule has 1 saturated heterocycles. The van der Waals surface area contributed by atoms with Crippen LogP contribution in [0.25, 0.3) is 11.3 Å². The highest BCUT2D eigenvalue weighted by Crippen LogP contribution is 2.29. The second kappa shape index (κ2) is 16.8. The number of benzene rings is 1. The smallest absolute Gasteiger partial charge is 0.185 e. The van der Waals surface area contributed by atoms with Gasteiger partial charge in [-0.25, -0.2) is 0 Å². The van der Waals surface area contributed by atoms with Crippen LogP contribution < -0.4 is 4.74 Å². The summed E-state index contributed by atoms with van der Waals surface area (Å²) in [5.41, 5.74) is 3.03. The van der Waals surface area contributed by atoms with Gasteiger partial charge in [0.2, 0.25) is 0 Å². The van der Waals surface area contributed by atoms with Crippen molar-refractivity contribution in [1.29, 1.82) is 0 Å². The molecule has 0 N–H and O–H groups in total. The first kappa shape index (κ1) is 28.7. The Morgan fingerprint density at radius 2 is 1.56 bits per heavy atom. The summed E-state index contributed by atoms with van der Waals surface area (Å²) in [6.45, 7) is 9.15. The predicted octanol–water partition coefficient (Wildman–Crippen LogP) is 9.15. The van der Waals surface area contributed by atoms with E-state index in [4.69, 9.17) is 14.2 Å². The summed E-state index contributed by atoms with van der Waals surface area (Å²) in [5.74, 6) is 2.21. The number of hydrogen-bond acceptors (Lipinski definition) is 4. The van der Waals surface area contributed by atoms with Crippen LogP contribution in [-0.2, 0) is 9.47 Å². The molecule has 0 unspecified atom stereocenters. The van der Waals surface area contributed by atoms with Gasteiger partial charge in [-0.1, -0.05) is 84.6 Å². The zero-order chi connectivity index (χ0) is 25.4. The molecule has 0 amide bonds. The van der Waals surface area contributed by atoms with Crippen LogP contribution in [0.15, 0.2) is 42.6 Å². The summed E-state index contributed by atoms with van der Waals surface area (Å²) < 4.78 is 18.0. The number of hydrogen-bond donors (Lipinski definition) is 0. The summed E-state index contributed by atoms with van der Waals surface area (Å²) in [5, 5.41) is 0. The van der Waals surface area contributed by atoms with Crippen molar-refractivity contribution in [3.05, 3.63) is 48.2 Å². The normalized spacial score (nSPS) is 18.8. The average molecular weight is 496 g/mol. The summed E-state index contributed by atoms with van der Waals surface area (Å²) in [7, 11) is 0. The van der Waals surface area contributed by atoms with E-state index in [1.54, 1.807) is 0 Å². The number of nitrogens with zero attached hydrogens (tertiary/aromatic N) is 1. The third kappa shape index (κ3) is 10.2. The number of ether oxygens (including phenoxy) is 3. The Morgan fingerprint density at radius 1 is 0.861 bits per heavy atom. The maximum atomic E-state index is 6.05. The van der Waals surface area contributed by atoms with Crippen molar-refractivity contribution in [3.63, 3.8) is 0 Å². The van der Waals surface area contributed by atoms with E-state index in [1.807, 2.05) is 18.3 Å². The van der Waals surface area contributed by atoms with E-state index < -0.39 is 0 Å². The monoisotopic (exact) mass is 495 g/mol. The first-order valence-electron chi connectivity index (χ1n) is 14.6. The lowest BCUT2D eigenvalue weighted by Gasteiger charge is -2.29. The molecule has 36 heavy (non-hydrogen) atoms. The number of unbranched alkanes of at least 4 members (excludes halogenated alkanes) is 7. The topological polar surface area (TPSA) is 40.6 Å². The van der Waals surface area contributed by atoms with E-state index >= 15 is 0 Å². The molecule has 3 rings (SSSR count). The lowest BCUT2D eigenvalue weighted by molar-refractivity contribution is -0.206. The summed E-state index contributed by atoms with van der Waals surface area (Å²) in [4.78, 5) is 4.67. The molecule has 4 heteroatoms. The highest BCUT2D eigenvalue weighted by Gasteiger charge is 2.23. The van der Waals surface area contributed by atoms with Gasteiger partial charge in [0.15, 0.2) is 6.29 Å². The predicted molar refractivity (Wildman–Crippen MR) is 149 cm³/mol. The largest absolute Gasteiger partial charge is 0.494 e. The number of rotatable bonds is 17. The Hall–Kier alpha value is -1.91. The standard InChI is InChI=1S/C32H49NO3/c1-4-6-7-8-9-10-11-12-15-27-24-35-32(36-25-27)29-18-21-31(33-23-29)28-16-19-30(20-17-28)34-22-13-14-26(3)5-2/h16-21,23,26-27,32H,4-15,22,24-25H2,1-3H3/t26-,27-,32-/m0/s1. The Balaban J connectivity index is 1.34. The van der Waals surface area contributed by atoms with E-state index in [0.717, 1.165) is 54.7 Å². The Bertz CT molecular complexity index is 812. The van der Waals surface area contributed by atoms with Gasteiger partial charge >= 0.3 is 0 Å². The second-order valence-corrected chi connectivity index (χ2v) is 10.6. The van der Waals surface area contributed by atoms with Crippen LogP contribution in [0.1, 0.15) is 110 Å². The highest BCUT2D eigenvalue weighted by atomic mass is 16.7. The lowest BCUT2D eigenvalue weighted by Crippen LogP contribution is -2.27. The van der Waals surface area contributed by atoms with Crippen molar-refractivity contribution in [3.8, 4) is 17.0 Å². The van der Waals surface area contributed by atoms with Crippen LogP contribution >= 0.6 is 0 Å². The van der Waals surface area contributed by atoms with E-state index in [2.05, 4.69) is 50.0 Å². The first-order chi connectivity index (χ1) is 17.7. The Morgan fingerprint density at radius 3 is 2.19 bits per heavy atom. The minimum atomic E-state index is -0.299. The molecule has 2 aromatic rings. The molecule has 1 aliphatic heterocycles. The maximum Gasteiger partial charge on any atom is 0.185 e. The minimum Gasteiger partial charge on any atom is -0.494 e. The van der Waals surface area contributed by atoms with Crippen molar-refractivity contribution < 1.29 is 14.2 Å². The van der Waals surface area contributed by atoms with Gasteiger partial charge < -0.3 is 14.2 Å². The van der Waals surface area contributed by atoms with Crippen LogP contribution in [0.2, 0.25) is 0 Å². The Labute approximate surface area is 220 Å². The molecule has 1 aliphatic rings. The number of aromatic nitrogens is 1. The van der Waals surface area contributed by atoms with E-state index in [1.165, 1.54) is 70.6 Å². The lowest BCUT2D eigenvalue weighted by atomic mass is 10.0. The fourth-order valence-corrected chi connectivity index (χ4v) is 4.73. The third-order valence-corrected chi connectivity index (χ3v) is 7.45. The maximum absolute atomic E-state index is 6.05. The van der Waals surface area contributed by atoms with E-state index in [9.17, 15) is 0 Å². The van der Waals surface area contributed by atoms with Crippen LogP contribution in [0.3, 0.4) is 0 Å². The summed E-state index contributed by atoms with van der Waals surface area (Å²) in [6.07, 6.45) is 17.2. The fraction of sp³-hybridized carbons (Fsp3) is 0.656. The van der Waals surface area contributed by atoms with Gasteiger partial charge in [-0.3, -0.25) is 4.98 Å². The van der Waals surface area contributed by atoms with Crippen LogP contribution in [-0.4, -0.2) is 24.8 Å². The molecule has 1 atom stereocenters. The molecule has 0 aliphatic carbocycles. The van der Waals surface area contributed by atoms with Gasteiger partial charge in [0.1, 0.15) is 5.75 Å². The molecule has 0 radical (unpaired) electrons. The molecule has 0 spiro atoms. The first-order valence-corrected chi connectivity index (χ1v) is 14.6. The van der Waals surface area contributed by atoms with Gasteiger partial charge in [-0.2, -0.15) is 0 Å². The van der Waals surface area contributed by atoms with Crippen LogP contribution in [0.5, 0.6) is 5.75 Å². The SMILES string of the molecule is CCCCCCCCCC[C@H]1CO[C@H](c2ccc(-c3ccc(OCCC[C@@H](C)CC)cc3)nc2)OC1. The molecule has 0 saturated carbocycles. The fourth-order valence-electron chi connectivity index (χ4n) is 4.73. The van der Waals surface area contributed by atoms with E-state index in [0.29, 0.717) is 5.92 Å². The third-order valence-electron chi connectivity index (χ3n) is 7.45. The van der Waals surface area contributed by atoms with Crippen LogP contribution in [0, 0.1) is 11.8 Å². The summed E-state index contributed by atoms with van der Waals surface area (Å²) in [6, 6.07) is 12.4. The molecular formula is C32H49NO3. The van der Waals surface area contributed by atoms with Crippen molar-refractivity contribution >= 4 is 0 Å². The highest BCUT2D eigenvalue weighted by molar-refractivity contribution is 5.60. The number of pyridine rings is 1. The molecule has 1 aromatic heterocycles.